The molecule has 3 heteroatoms. The highest BCUT2D eigenvalue weighted by atomic mass is 32.1. The van der Waals surface area contributed by atoms with E-state index >= 15 is 0 Å². The lowest BCUT2D eigenvalue weighted by Crippen LogP contribution is -2.00. The van der Waals surface area contributed by atoms with E-state index in [2.05, 4.69) is 12.6 Å². The van der Waals surface area contributed by atoms with Gasteiger partial charge in [0.25, 0.3) is 0 Å². The van der Waals surface area contributed by atoms with Crippen LogP contribution in [0, 0.1) is 0 Å². The van der Waals surface area contributed by atoms with Crippen molar-refractivity contribution in [3.05, 3.63) is 90.0 Å². The van der Waals surface area contributed by atoms with Crippen molar-refractivity contribution >= 4 is 18.4 Å². The van der Waals surface area contributed by atoms with E-state index in [9.17, 15) is 4.79 Å². The Bertz CT molecular complexity index is 763. The minimum Gasteiger partial charge on any atom is -0.457 e. The predicted molar refractivity (Wildman–Crippen MR) is 90.1 cm³/mol. The molecule has 0 fully saturated rings. The summed E-state index contributed by atoms with van der Waals surface area (Å²) in [4.78, 5) is 13.2. The zero-order valence-corrected chi connectivity index (χ0v) is 12.7. The first-order chi connectivity index (χ1) is 10.7. The highest BCUT2D eigenvalue weighted by Gasteiger charge is 2.08. The number of hydrogen-bond acceptors (Lipinski definition) is 3. The Morgan fingerprint density at radius 1 is 0.682 bits per heavy atom. The van der Waals surface area contributed by atoms with Crippen molar-refractivity contribution in [3.63, 3.8) is 0 Å². The summed E-state index contributed by atoms with van der Waals surface area (Å²) in [5, 5.41) is 0. The van der Waals surface area contributed by atoms with Crippen LogP contribution in [0.5, 0.6) is 11.5 Å². The first-order valence-corrected chi connectivity index (χ1v) is 7.34. The van der Waals surface area contributed by atoms with Gasteiger partial charge in [0.2, 0.25) is 0 Å². The fraction of sp³-hybridized carbons (Fsp3) is 0. The molecule has 3 rings (SSSR count). The van der Waals surface area contributed by atoms with Crippen LogP contribution in [0.15, 0.2) is 83.8 Å². The van der Waals surface area contributed by atoms with Crippen LogP contribution in [0.25, 0.3) is 0 Å². The molecule has 0 N–H and O–H groups in total. The lowest BCUT2D eigenvalue weighted by Gasteiger charge is -2.07. The summed E-state index contributed by atoms with van der Waals surface area (Å²) in [5.74, 6) is 1.43. The molecule has 0 heterocycles. The molecule has 0 aromatic heterocycles. The quantitative estimate of drug-likeness (QED) is 0.542. The van der Waals surface area contributed by atoms with E-state index in [1.807, 2.05) is 54.6 Å². The van der Waals surface area contributed by atoms with Gasteiger partial charge in [0.15, 0.2) is 5.78 Å². The first kappa shape index (κ1) is 14.4. The lowest BCUT2D eigenvalue weighted by molar-refractivity contribution is 0.103. The molecule has 2 nitrogen and oxygen atoms in total. The van der Waals surface area contributed by atoms with Gasteiger partial charge in [0.1, 0.15) is 11.5 Å². The highest BCUT2D eigenvalue weighted by Crippen LogP contribution is 2.23. The minimum atomic E-state index is 0.00609. The maximum atomic E-state index is 12.3. The second kappa shape index (κ2) is 6.50. The Hall–Kier alpha value is -2.52. The van der Waals surface area contributed by atoms with E-state index in [4.69, 9.17) is 4.74 Å². The molecule has 0 radical (unpaired) electrons. The lowest BCUT2D eigenvalue weighted by atomic mass is 10.0. The maximum absolute atomic E-state index is 12.3. The van der Waals surface area contributed by atoms with Crippen LogP contribution < -0.4 is 4.74 Å². The second-order valence-electron chi connectivity index (χ2n) is 4.82. The zero-order chi connectivity index (χ0) is 15.4. The van der Waals surface area contributed by atoms with Gasteiger partial charge in [-0.25, -0.2) is 0 Å². The number of carbonyl (C=O) groups excluding carboxylic acids is 1. The average molecular weight is 306 g/mol. The second-order valence-corrected chi connectivity index (χ2v) is 5.33. The third kappa shape index (κ3) is 3.38. The summed E-state index contributed by atoms with van der Waals surface area (Å²) in [5.41, 5.74) is 1.32. The summed E-state index contributed by atoms with van der Waals surface area (Å²) in [6, 6.07) is 23.8. The molecule has 0 bridgehead atoms. The van der Waals surface area contributed by atoms with Gasteiger partial charge >= 0.3 is 0 Å². The average Bonchev–Trinajstić information content (AvgIpc) is 2.58. The fourth-order valence-electron chi connectivity index (χ4n) is 2.08. The van der Waals surface area contributed by atoms with Gasteiger partial charge in [0, 0.05) is 16.0 Å². The van der Waals surface area contributed by atoms with Crippen molar-refractivity contribution in [2.75, 3.05) is 0 Å². The largest absolute Gasteiger partial charge is 0.457 e. The first-order valence-electron chi connectivity index (χ1n) is 6.89. The van der Waals surface area contributed by atoms with Crippen molar-refractivity contribution in [2.24, 2.45) is 0 Å². The molecule has 108 valence electrons. The molecule has 0 saturated heterocycles. The van der Waals surface area contributed by atoms with Crippen molar-refractivity contribution in [1.82, 2.24) is 0 Å². The number of ether oxygens (including phenoxy) is 1. The monoisotopic (exact) mass is 306 g/mol. The summed E-state index contributed by atoms with van der Waals surface area (Å²) in [6.07, 6.45) is 0. The third-order valence-electron chi connectivity index (χ3n) is 3.22. The van der Waals surface area contributed by atoms with Gasteiger partial charge in [-0.2, -0.15) is 0 Å². The van der Waals surface area contributed by atoms with Crippen molar-refractivity contribution in [1.29, 1.82) is 0 Å². The van der Waals surface area contributed by atoms with Gasteiger partial charge in [-0.1, -0.05) is 30.3 Å². The van der Waals surface area contributed by atoms with Crippen LogP contribution in [0.2, 0.25) is 0 Å². The summed E-state index contributed by atoms with van der Waals surface area (Å²) >= 11 is 4.24. The van der Waals surface area contributed by atoms with Gasteiger partial charge in [0.05, 0.1) is 0 Å². The van der Waals surface area contributed by atoms with Crippen LogP contribution >= 0.6 is 12.6 Å². The molecule has 0 spiro atoms. The number of benzene rings is 3. The fourth-order valence-corrected chi connectivity index (χ4v) is 2.23. The van der Waals surface area contributed by atoms with E-state index in [1.54, 1.807) is 24.3 Å². The normalized spacial score (nSPS) is 10.2. The maximum Gasteiger partial charge on any atom is 0.193 e. The van der Waals surface area contributed by atoms with Crippen molar-refractivity contribution in [3.8, 4) is 11.5 Å². The Morgan fingerprint density at radius 2 is 1.18 bits per heavy atom. The van der Waals surface area contributed by atoms with E-state index < -0.39 is 0 Å². The Morgan fingerprint density at radius 3 is 1.77 bits per heavy atom. The van der Waals surface area contributed by atoms with Crippen LogP contribution in [-0.4, -0.2) is 5.78 Å². The van der Waals surface area contributed by atoms with E-state index in [0.717, 1.165) is 10.6 Å². The van der Waals surface area contributed by atoms with Crippen molar-refractivity contribution < 1.29 is 9.53 Å². The molecular weight excluding hydrogens is 292 g/mol. The summed E-state index contributed by atoms with van der Waals surface area (Å²) in [7, 11) is 0. The Balaban J connectivity index is 1.75. The van der Waals surface area contributed by atoms with Gasteiger partial charge < -0.3 is 4.74 Å². The molecule has 0 aliphatic heterocycles. The number of ketones is 1. The van der Waals surface area contributed by atoms with Crippen LogP contribution in [-0.2, 0) is 0 Å². The number of carbonyl (C=O) groups is 1. The molecule has 0 amide bonds. The molecule has 22 heavy (non-hydrogen) atoms. The van der Waals surface area contributed by atoms with Crippen molar-refractivity contribution in [2.45, 2.75) is 4.90 Å². The topological polar surface area (TPSA) is 26.3 Å². The van der Waals surface area contributed by atoms with Crippen LogP contribution in [0.3, 0.4) is 0 Å². The van der Waals surface area contributed by atoms with Gasteiger partial charge in [-0.05, 0) is 48.5 Å². The molecule has 0 atom stereocenters. The molecule has 3 aromatic carbocycles. The smallest absolute Gasteiger partial charge is 0.193 e. The van der Waals surface area contributed by atoms with E-state index in [1.165, 1.54) is 0 Å². The molecule has 0 aliphatic carbocycles. The summed E-state index contributed by atoms with van der Waals surface area (Å²) < 4.78 is 5.73. The third-order valence-corrected chi connectivity index (χ3v) is 3.52. The van der Waals surface area contributed by atoms with Gasteiger partial charge in [-0.3, -0.25) is 4.79 Å². The predicted octanol–water partition coefficient (Wildman–Crippen LogP) is 5.00. The molecule has 0 aliphatic rings. The Kier molecular flexibility index (Phi) is 4.26. The van der Waals surface area contributed by atoms with E-state index in [-0.39, 0.29) is 5.78 Å². The molecule has 0 saturated carbocycles. The van der Waals surface area contributed by atoms with Crippen LogP contribution in [0.4, 0.5) is 0 Å². The molecule has 0 unspecified atom stereocenters. The molecule has 3 aromatic rings. The van der Waals surface area contributed by atoms with E-state index in [0.29, 0.717) is 16.9 Å². The van der Waals surface area contributed by atoms with Crippen LogP contribution in [0.1, 0.15) is 15.9 Å². The highest BCUT2D eigenvalue weighted by molar-refractivity contribution is 7.80. The zero-order valence-electron chi connectivity index (χ0n) is 11.8. The number of thiol groups is 1. The molecular formula is C19H14O2S. The minimum absolute atomic E-state index is 0.00609. The number of rotatable bonds is 4. The summed E-state index contributed by atoms with van der Waals surface area (Å²) in [6.45, 7) is 0. The standard InChI is InChI=1S/C19H14O2S/c20-19(14-4-2-1-3-5-14)15-6-8-16(9-7-15)21-17-10-12-18(22)13-11-17/h1-13,22H. The SMILES string of the molecule is O=C(c1ccccc1)c1ccc(Oc2ccc(S)cc2)cc1. The Labute approximate surface area is 134 Å². The van der Waals surface area contributed by atoms with Gasteiger partial charge in [-0.15, -0.1) is 12.6 Å². The number of hydrogen-bond donors (Lipinski definition) is 1.